The highest BCUT2D eigenvalue weighted by atomic mass is 16.5. The summed E-state index contributed by atoms with van der Waals surface area (Å²) >= 11 is 0. The van der Waals surface area contributed by atoms with E-state index in [-0.39, 0.29) is 24.3 Å². The SMILES string of the molecule is CCOc1ccc(CCC(=O)N(Cc2ccccc2C)[C@@H](Cc2ccccc2)C(=O)N[C@H](C)CC)cc1OCC. The van der Waals surface area contributed by atoms with Crippen LogP contribution in [0.3, 0.4) is 0 Å². The van der Waals surface area contributed by atoms with Crippen LogP contribution in [0.2, 0.25) is 0 Å². The largest absolute Gasteiger partial charge is 0.490 e. The van der Waals surface area contributed by atoms with Crippen molar-refractivity contribution in [1.29, 1.82) is 0 Å². The molecule has 6 nitrogen and oxygen atoms in total. The lowest BCUT2D eigenvalue weighted by Crippen LogP contribution is -2.52. The van der Waals surface area contributed by atoms with E-state index in [4.69, 9.17) is 9.47 Å². The molecule has 0 spiro atoms. The van der Waals surface area contributed by atoms with Crippen molar-refractivity contribution in [1.82, 2.24) is 10.2 Å². The lowest BCUT2D eigenvalue weighted by atomic mass is 10.00. The lowest BCUT2D eigenvalue weighted by Gasteiger charge is -2.33. The molecule has 2 atom stereocenters. The van der Waals surface area contributed by atoms with Gasteiger partial charge in [-0.25, -0.2) is 0 Å². The van der Waals surface area contributed by atoms with Crippen molar-refractivity contribution in [2.24, 2.45) is 0 Å². The number of rotatable bonds is 15. The highest BCUT2D eigenvalue weighted by Gasteiger charge is 2.31. The Hall–Kier alpha value is -3.80. The number of carbonyl (C=O) groups excluding carboxylic acids is 2. The summed E-state index contributed by atoms with van der Waals surface area (Å²) in [6, 6.07) is 23.2. The quantitative estimate of drug-likeness (QED) is 0.245. The smallest absolute Gasteiger partial charge is 0.243 e. The minimum atomic E-state index is -0.636. The number of carbonyl (C=O) groups is 2. The fourth-order valence-corrected chi connectivity index (χ4v) is 4.61. The third kappa shape index (κ3) is 8.87. The normalized spacial score (nSPS) is 12.3. The van der Waals surface area contributed by atoms with E-state index in [0.29, 0.717) is 44.1 Å². The van der Waals surface area contributed by atoms with Gasteiger partial charge in [-0.15, -0.1) is 0 Å². The van der Waals surface area contributed by atoms with Gasteiger partial charge in [0.15, 0.2) is 11.5 Å². The van der Waals surface area contributed by atoms with Crippen LogP contribution in [-0.4, -0.2) is 42.0 Å². The minimum absolute atomic E-state index is 0.0158. The summed E-state index contributed by atoms with van der Waals surface area (Å²) in [5.41, 5.74) is 4.13. The van der Waals surface area contributed by atoms with Gasteiger partial charge in [-0.1, -0.05) is 67.6 Å². The first kappa shape index (κ1) is 30.7. The number of nitrogens with zero attached hydrogens (tertiary/aromatic N) is 1. The number of nitrogens with one attached hydrogen (secondary N) is 1. The van der Waals surface area contributed by atoms with E-state index in [1.807, 2.05) is 107 Å². The molecular formula is C34H44N2O4. The zero-order chi connectivity index (χ0) is 28.9. The van der Waals surface area contributed by atoms with Crippen LogP contribution in [-0.2, 0) is 29.0 Å². The van der Waals surface area contributed by atoms with Crippen LogP contribution < -0.4 is 14.8 Å². The zero-order valence-electron chi connectivity index (χ0n) is 24.6. The Labute approximate surface area is 239 Å². The molecule has 0 heterocycles. The van der Waals surface area contributed by atoms with Crippen LogP contribution >= 0.6 is 0 Å². The number of benzene rings is 3. The molecule has 6 heteroatoms. The van der Waals surface area contributed by atoms with E-state index in [9.17, 15) is 9.59 Å². The van der Waals surface area contributed by atoms with Gasteiger partial charge in [0.05, 0.1) is 13.2 Å². The van der Waals surface area contributed by atoms with Gasteiger partial charge in [-0.3, -0.25) is 9.59 Å². The average Bonchev–Trinajstić information content (AvgIpc) is 2.96. The van der Waals surface area contributed by atoms with E-state index in [0.717, 1.165) is 28.7 Å². The highest BCUT2D eigenvalue weighted by Crippen LogP contribution is 2.29. The molecule has 0 aromatic heterocycles. The minimum Gasteiger partial charge on any atom is -0.490 e. The summed E-state index contributed by atoms with van der Waals surface area (Å²) in [5.74, 6) is 1.20. The van der Waals surface area contributed by atoms with Crippen molar-refractivity contribution < 1.29 is 19.1 Å². The molecule has 214 valence electrons. The van der Waals surface area contributed by atoms with Crippen molar-refractivity contribution in [2.45, 2.75) is 78.9 Å². The van der Waals surface area contributed by atoms with Gasteiger partial charge in [-0.05, 0) is 74.9 Å². The Morgan fingerprint density at radius 3 is 2.20 bits per heavy atom. The third-order valence-electron chi connectivity index (χ3n) is 7.11. The van der Waals surface area contributed by atoms with Crippen LogP contribution in [0.15, 0.2) is 72.8 Å². The Morgan fingerprint density at radius 2 is 1.52 bits per heavy atom. The van der Waals surface area contributed by atoms with Crippen molar-refractivity contribution >= 4 is 11.8 Å². The second-order valence-corrected chi connectivity index (χ2v) is 10.1. The maximum Gasteiger partial charge on any atom is 0.243 e. The Bertz CT molecular complexity index is 1230. The van der Waals surface area contributed by atoms with Crippen LogP contribution in [0.4, 0.5) is 0 Å². The van der Waals surface area contributed by atoms with E-state index in [1.54, 1.807) is 4.90 Å². The van der Waals surface area contributed by atoms with Gasteiger partial charge < -0.3 is 19.7 Å². The number of aryl methyl sites for hydroxylation is 2. The number of amides is 2. The molecule has 3 aromatic rings. The van der Waals surface area contributed by atoms with E-state index < -0.39 is 6.04 Å². The molecule has 0 radical (unpaired) electrons. The summed E-state index contributed by atoms with van der Waals surface area (Å²) in [6.45, 7) is 11.4. The van der Waals surface area contributed by atoms with Crippen molar-refractivity contribution in [3.63, 3.8) is 0 Å². The van der Waals surface area contributed by atoms with Crippen molar-refractivity contribution in [2.75, 3.05) is 13.2 Å². The van der Waals surface area contributed by atoms with E-state index in [2.05, 4.69) is 5.32 Å². The highest BCUT2D eigenvalue weighted by molar-refractivity contribution is 5.88. The zero-order valence-corrected chi connectivity index (χ0v) is 24.6. The van der Waals surface area contributed by atoms with Crippen LogP contribution in [0.5, 0.6) is 11.5 Å². The van der Waals surface area contributed by atoms with Crippen LogP contribution in [0.1, 0.15) is 62.8 Å². The summed E-state index contributed by atoms with van der Waals surface area (Å²) in [4.78, 5) is 29.5. The lowest BCUT2D eigenvalue weighted by molar-refractivity contribution is -0.141. The van der Waals surface area contributed by atoms with Crippen molar-refractivity contribution in [3.8, 4) is 11.5 Å². The Kier molecular flexibility index (Phi) is 12.1. The molecule has 0 aliphatic rings. The molecule has 0 saturated carbocycles. The molecule has 0 bridgehead atoms. The third-order valence-corrected chi connectivity index (χ3v) is 7.11. The summed E-state index contributed by atoms with van der Waals surface area (Å²) in [7, 11) is 0. The molecule has 1 N–H and O–H groups in total. The molecule has 0 fully saturated rings. The molecule has 3 aromatic carbocycles. The Morgan fingerprint density at radius 1 is 0.850 bits per heavy atom. The summed E-state index contributed by atoms with van der Waals surface area (Å²) in [5, 5.41) is 3.14. The van der Waals surface area contributed by atoms with Crippen LogP contribution in [0, 0.1) is 6.92 Å². The Balaban J connectivity index is 1.91. The molecule has 3 rings (SSSR count). The van der Waals surface area contributed by atoms with Crippen molar-refractivity contribution in [3.05, 3.63) is 95.1 Å². The second kappa shape index (κ2) is 15.7. The summed E-state index contributed by atoms with van der Waals surface area (Å²) in [6.07, 6.45) is 2.06. The first-order valence-electron chi connectivity index (χ1n) is 14.4. The van der Waals surface area contributed by atoms with Gasteiger partial charge in [0.2, 0.25) is 11.8 Å². The molecule has 0 saturated heterocycles. The predicted octanol–water partition coefficient (Wildman–Crippen LogP) is 6.28. The standard InChI is InChI=1S/C34H44N2O4/c1-6-26(5)35-34(38)30(22-27-15-10-9-11-16-27)36(24-29-17-13-12-14-25(29)4)33(37)21-19-28-18-20-31(39-7-2)32(23-28)40-8-3/h9-18,20,23,26,30H,6-8,19,21-22,24H2,1-5H3,(H,35,38)/t26-,30+/m1/s1. The average molecular weight is 545 g/mol. The number of ether oxygens (including phenoxy) is 2. The molecule has 0 aliphatic heterocycles. The van der Waals surface area contributed by atoms with Gasteiger partial charge in [0.25, 0.3) is 0 Å². The van der Waals surface area contributed by atoms with Gasteiger partial charge >= 0.3 is 0 Å². The topological polar surface area (TPSA) is 67.9 Å². The molecule has 0 unspecified atom stereocenters. The maximum atomic E-state index is 14.0. The fourth-order valence-electron chi connectivity index (χ4n) is 4.61. The fraction of sp³-hybridized carbons (Fsp3) is 0.412. The van der Waals surface area contributed by atoms with Gasteiger partial charge in [-0.2, -0.15) is 0 Å². The second-order valence-electron chi connectivity index (χ2n) is 10.1. The summed E-state index contributed by atoms with van der Waals surface area (Å²) < 4.78 is 11.5. The van der Waals surface area contributed by atoms with E-state index in [1.165, 1.54) is 0 Å². The predicted molar refractivity (Wildman–Crippen MR) is 161 cm³/mol. The molecule has 0 aliphatic carbocycles. The molecule has 2 amide bonds. The van der Waals surface area contributed by atoms with Gasteiger partial charge in [0.1, 0.15) is 6.04 Å². The maximum absolute atomic E-state index is 14.0. The monoisotopic (exact) mass is 544 g/mol. The molecular weight excluding hydrogens is 500 g/mol. The number of hydrogen-bond acceptors (Lipinski definition) is 4. The van der Waals surface area contributed by atoms with Crippen LogP contribution in [0.25, 0.3) is 0 Å². The first-order valence-corrected chi connectivity index (χ1v) is 14.4. The van der Waals surface area contributed by atoms with E-state index >= 15 is 0 Å². The first-order chi connectivity index (χ1) is 19.4. The van der Waals surface area contributed by atoms with Gasteiger partial charge in [0, 0.05) is 25.4 Å². The molecule has 40 heavy (non-hydrogen) atoms. The number of hydrogen-bond donors (Lipinski definition) is 1.